The highest BCUT2D eigenvalue weighted by molar-refractivity contribution is 6.30. The maximum atomic E-state index is 14.6. The van der Waals surface area contributed by atoms with Crippen LogP contribution in [0.4, 0.5) is 5.69 Å². The Kier molecular flexibility index (Phi) is 8.03. The van der Waals surface area contributed by atoms with Crippen LogP contribution in [0.1, 0.15) is 33.1 Å². The van der Waals surface area contributed by atoms with Gasteiger partial charge in [-0.25, -0.2) is 0 Å². The fraction of sp³-hybridized carbons (Fsp3) is 0.517. The molecule has 4 aliphatic rings. The maximum Gasteiger partial charge on any atom is 0.313 e. The molecule has 4 heterocycles. The van der Waals surface area contributed by atoms with Gasteiger partial charge in [0.25, 0.3) is 5.91 Å². The molecule has 4 aliphatic heterocycles. The lowest BCUT2D eigenvalue weighted by molar-refractivity contribution is -0.159. The van der Waals surface area contributed by atoms with Crippen LogP contribution < -0.4 is 10.2 Å². The molecule has 7 atom stereocenters. The molecule has 10 nitrogen and oxygen atoms in total. The second-order valence-electron chi connectivity index (χ2n) is 10.7. The molecule has 2 N–H and O–H groups in total. The third-order valence-electron chi connectivity index (χ3n) is 8.19. The Labute approximate surface area is 237 Å². The average Bonchev–Trinajstić information content (AvgIpc) is 3.58. The Balaban J connectivity index is 1.62. The SMILES string of the molecule is CC[C@@H](CO)N1C(=O)[C@@H]2[C@H]3C(=O)O[C@@H](C)CNC(=O)CC/C=C\CN(c4ccc(Cl)cc4)C(=O)[C@@H]1[C@]21C=C[C@H]3O1. The second-order valence-corrected chi connectivity index (χ2v) is 11.1. The van der Waals surface area contributed by atoms with Gasteiger partial charge in [0.1, 0.15) is 23.7 Å². The molecule has 214 valence electrons. The second kappa shape index (κ2) is 11.3. The topological polar surface area (TPSA) is 125 Å². The number of cyclic esters (lactones) is 1. The third kappa shape index (κ3) is 4.82. The van der Waals surface area contributed by atoms with Crippen LogP contribution in [0.2, 0.25) is 5.02 Å². The number of hydrogen-bond donors (Lipinski definition) is 2. The zero-order valence-corrected chi connectivity index (χ0v) is 23.3. The van der Waals surface area contributed by atoms with E-state index in [1.807, 2.05) is 13.0 Å². The van der Waals surface area contributed by atoms with Crippen molar-refractivity contribution in [1.29, 1.82) is 0 Å². The number of carbonyl (C=O) groups is 4. The van der Waals surface area contributed by atoms with Crippen LogP contribution in [0.15, 0.2) is 48.6 Å². The lowest BCUT2D eigenvalue weighted by Crippen LogP contribution is -2.58. The fourth-order valence-electron chi connectivity index (χ4n) is 6.23. The number of ether oxygens (including phenoxy) is 2. The van der Waals surface area contributed by atoms with E-state index in [4.69, 9.17) is 21.1 Å². The summed E-state index contributed by atoms with van der Waals surface area (Å²) in [5, 5.41) is 13.5. The van der Waals surface area contributed by atoms with E-state index < -0.39 is 59.5 Å². The number of amides is 3. The molecule has 1 spiro atoms. The van der Waals surface area contributed by atoms with Gasteiger partial charge in [-0.1, -0.05) is 42.8 Å². The Morgan fingerprint density at radius 3 is 2.60 bits per heavy atom. The van der Waals surface area contributed by atoms with Crippen molar-refractivity contribution in [1.82, 2.24) is 10.2 Å². The molecule has 5 bridgehead atoms. The van der Waals surface area contributed by atoms with E-state index in [9.17, 15) is 24.3 Å². The number of nitrogens with zero attached hydrogens (tertiary/aromatic N) is 2. The quantitative estimate of drug-likeness (QED) is 0.418. The van der Waals surface area contributed by atoms with Crippen molar-refractivity contribution in [2.45, 2.75) is 63.0 Å². The van der Waals surface area contributed by atoms with Crippen LogP contribution in [0.25, 0.3) is 0 Å². The number of aliphatic hydroxyl groups excluding tert-OH is 1. The standard InChI is InChI=1S/C29H34ClN3O7/c1-3-19(16-34)33-25-27(37)32(20-10-8-18(30)9-11-20)14-6-4-5-7-22(35)31-15-17(2)39-28(38)23-21-12-13-29(25,40-21)24(23)26(33)36/h4,6,8-13,17,19,21,23-25,34H,3,5,7,14-16H2,1-2H3,(H,31,35)/b6-4-/t17-,19-,21+,23-,24-,25+,29-/m0/s1. The Hall–Kier alpha value is -3.21. The molecular formula is C29H34ClN3O7. The van der Waals surface area contributed by atoms with Crippen molar-refractivity contribution in [3.05, 3.63) is 53.6 Å². The van der Waals surface area contributed by atoms with Crippen LogP contribution in [-0.4, -0.2) is 83.3 Å². The van der Waals surface area contributed by atoms with Gasteiger partial charge in [0.05, 0.1) is 31.2 Å². The summed E-state index contributed by atoms with van der Waals surface area (Å²) in [7, 11) is 0. The molecule has 1 aromatic rings. The van der Waals surface area contributed by atoms with Gasteiger partial charge < -0.3 is 29.7 Å². The molecular weight excluding hydrogens is 538 g/mol. The number of carbonyl (C=O) groups excluding carboxylic acids is 4. The summed E-state index contributed by atoms with van der Waals surface area (Å²) in [5.41, 5.74) is -0.842. The molecule has 5 rings (SSSR count). The van der Waals surface area contributed by atoms with Crippen molar-refractivity contribution in [3.63, 3.8) is 0 Å². The first-order chi connectivity index (χ1) is 19.2. The molecule has 0 aliphatic carbocycles. The van der Waals surface area contributed by atoms with Crippen molar-refractivity contribution in [3.8, 4) is 0 Å². The minimum Gasteiger partial charge on any atom is -0.460 e. The van der Waals surface area contributed by atoms with E-state index in [2.05, 4.69) is 5.32 Å². The molecule has 0 saturated carbocycles. The number of fused-ring (bicyclic) bond motifs is 2. The lowest BCUT2D eigenvalue weighted by atomic mass is 9.74. The van der Waals surface area contributed by atoms with E-state index in [0.29, 0.717) is 23.6 Å². The highest BCUT2D eigenvalue weighted by Crippen LogP contribution is 2.56. The highest BCUT2D eigenvalue weighted by Gasteiger charge is 2.74. The summed E-state index contributed by atoms with van der Waals surface area (Å²) in [5.74, 6) is -3.61. The molecule has 1 aromatic carbocycles. The molecule has 2 fully saturated rings. The summed E-state index contributed by atoms with van der Waals surface area (Å²) >= 11 is 6.12. The highest BCUT2D eigenvalue weighted by atomic mass is 35.5. The number of nitrogens with one attached hydrogen (secondary N) is 1. The average molecular weight is 572 g/mol. The molecule has 0 unspecified atom stereocenters. The van der Waals surface area contributed by atoms with Crippen LogP contribution in [0, 0.1) is 11.8 Å². The third-order valence-corrected chi connectivity index (χ3v) is 8.45. The number of benzene rings is 1. The first-order valence-corrected chi connectivity index (χ1v) is 14.1. The number of anilines is 1. The van der Waals surface area contributed by atoms with Crippen LogP contribution >= 0.6 is 11.6 Å². The van der Waals surface area contributed by atoms with E-state index in [1.54, 1.807) is 49.4 Å². The smallest absolute Gasteiger partial charge is 0.313 e. The minimum absolute atomic E-state index is 0.131. The van der Waals surface area contributed by atoms with Crippen LogP contribution in [0.5, 0.6) is 0 Å². The van der Waals surface area contributed by atoms with Gasteiger partial charge in [-0.3, -0.25) is 19.2 Å². The van der Waals surface area contributed by atoms with E-state index >= 15 is 0 Å². The lowest BCUT2D eigenvalue weighted by Gasteiger charge is -2.38. The number of halogens is 1. The largest absolute Gasteiger partial charge is 0.460 e. The van der Waals surface area contributed by atoms with Gasteiger partial charge in [-0.2, -0.15) is 0 Å². The fourth-order valence-corrected chi connectivity index (χ4v) is 6.36. The van der Waals surface area contributed by atoms with Gasteiger partial charge in [-0.15, -0.1) is 0 Å². The molecule has 3 amide bonds. The van der Waals surface area contributed by atoms with Gasteiger partial charge in [-0.05, 0) is 44.0 Å². The Morgan fingerprint density at radius 2 is 1.90 bits per heavy atom. The van der Waals surface area contributed by atoms with E-state index in [-0.39, 0.29) is 32.0 Å². The molecule has 2 saturated heterocycles. The molecule has 11 heteroatoms. The van der Waals surface area contributed by atoms with Gasteiger partial charge in [0.15, 0.2) is 0 Å². The summed E-state index contributed by atoms with van der Waals surface area (Å²) in [6, 6.07) is 5.00. The Bertz CT molecular complexity index is 1230. The van der Waals surface area contributed by atoms with Gasteiger partial charge in [0, 0.05) is 23.7 Å². The van der Waals surface area contributed by atoms with Crippen molar-refractivity contribution in [2.75, 3.05) is 24.6 Å². The normalized spacial score (nSPS) is 34.0. The zero-order chi connectivity index (χ0) is 28.6. The zero-order valence-electron chi connectivity index (χ0n) is 22.5. The number of hydrogen-bond acceptors (Lipinski definition) is 7. The number of likely N-dealkylation sites (tertiary alicyclic amines) is 1. The van der Waals surface area contributed by atoms with Crippen LogP contribution in [-0.2, 0) is 28.7 Å². The van der Waals surface area contributed by atoms with Crippen molar-refractivity contribution < 1.29 is 33.8 Å². The number of rotatable bonds is 4. The van der Waals surface area contributed by atoms with Crippen molar-refractivity contribution in [2.24, 2.45) is 11.8 Å². The summed E-state index contributed by atoms with van der Waals surface area (Å²) in [6.07, 6.45) is 6.78. The first kappa shape index (κ1) is 28.3. The molecule has 40 heavy (non-hydrogen) atoms. The molecule has 0 radical (unpaired) electrons. The van der Waals surface area contributed by atoms with Crippen molar-refractivity contribution >= 4 is 41.0 Å². The molecule has 0 aromatic heterocycles. The van der Waals surface area contributed by atoms with Gasteiger partial charge in [0.2, 0.25) is 11.8 Å². The van der Waals surface area contributed by atoms with E-state index in [1.165, 1.54) is 9.80 Å². The summed E-state index contributed by atoms with van der Waals surface area (Å²) in [4.78, 5) is 57.4. The number of aliphatic hydroxyl groups is 1. The van der Waals surface area contributed by atoms with E-state index in [0.717, 1.165) is 0 Å². The minimum atomic E-state index is -1.40. The summed E-state index contributed by atoms with van der Waals surface area (Å²) < 4.78 is 12.0. The predicted molar refractivity (Wildman–Crippen MR) is 146 cm³/mol. The first-order valence-electron chi connectivity index (χ1n) is 13.7. The van der Waals surface area contributed by atoms with Gasteiger partial charge >= 0.3 is 5.97 Å². The number of esters is 1. The number of allylic oxidation sites excluding steroid dienone is 1. The Morgan fingerprint density at radius 1 is 1.15 bits per heavy atom. The monoisotopic (exact) mass is 571 g/mol. The van der Waals surface area contributed by atoms with Crippen LogP contribution in [0.3, 0.4) is 0 Å². The predicted octanol–water partition coefficient (Wildman–Crippen LogP) is 1.99. The summed E-state index contributed by atoms with van der Waals surface area (Å²) in [6.45, 7) is 3.44. The maximum absolute atomic E-state index is 14.6.